The summed E-state index contributed by atoms with van der Waals surface area (Å²) in [7, 11) is 0. The molecule has 0 N–H and O–H groups in total. The van der Waals surface area contributed by atoms with Gasteiger partial charge < -0.3 is 9.47 Å². The van der Waals surface area contributed by atoms with Crippen molar-refractivity contribution in [3.63, 3.8) is 0 Å². The Bertz CT molecular complexity index is 452. The Balaban J connectivity index is 1.96. The van der Waals surface area contributed by atoms with Crippen LogP contribution in [0.2, 0.25) is 0 Å². The molecule has 1 saturated carbocycles. The van der Waals surface area contributed by atoms with Crippen molar-refractivity contribution in [2.45, 2.75) is 130 Å². The molecule has 0 radical (unpaired) electrons. The molecule has 0 amide bonds. The molecule has 1 aliphatic carbocycles. The zero-order valence-corrected chi connectivity index (χ0v) is 20.8. The smallest absolute Gasteiger partial charge is 0.308 e. The maximum atomic E-state index is 12.3. The number of carbonyl (C=O) groups excluding carboxylic acids is 2. The van der Waals surface area contributed by atoms with Crippen molar-refractivity contribution in [1.82, 2.24) is 0 Å². The second-order valence-corrected chi connectivity index (χ2v) is 9.96. The highest BCUT2D eigenvalue weighted by molar-refractivity contribution is 5.75. The van der Waals surface area contributed by atoms with Crippen LogP contribution in [-0.2, 0) is 19.1 Å². The van der Waals surface area contributed by atoms with Gasteiger partial charge in [0.05, 0.1) is 25.0 Å². The molecule has 0 aromatic heterocycles. The highest BCUT2D eigenvalue weighted by Gasteiger charge is 2.31. The van der Waals surface area contributed by atoms with Crippen LogP contribution in [0.5, 0.6) is 0 Å². The molecule has 0 aromatic rings. The van der Waals surface area contributed by atoms with Gasteiger partial charge in [0, 0.05) is 0 Å². The Morgan fingerprint density at radius 3 is 1.45 bits per heavy atom. The Kier molecular flexibility index (Phi) is 16.7. The van der Waals surface area contributed by atoms with E-state index in [-0.39, 0.29) is 23.8 Å². The lowest BCUT2D eigenvalue weighted by atomic mass is 9.82. The molecule has 0 saturated heterocycles. The van der Waals surface area contributed by atoms with E-state index >= 15 is 0 Å². The lowest BCUT2D eigenvalue weighted by molar-refractivity contribution is -0.155. The molecule has 0 unspecified atom stereocenters. The lowest BCUT2D eigenvalue weighted by Crippen LogP contribution is -2.28. The van der Waals surface area contributed by atoms with E-state index in [1.54, 1.807) is 0 Å². The van der Waals surface area contributed by atoms with Gasteiger partial charge in [-0.3, -0.25) is 9.59 Å². The van der Waals surface area contributed by atoms with Gasteiger partial charge in [0.15, 0.2) is 0 Å². The summed E-state index contributed by atoms with van der Waals surface area (Å²) in [6, 6.07) is 0. The van der Waals surface area contributed by atoms with E-state index < -0.39 is 0 Å². The quantitative estimate of drug-likeness (QED) is 0.163. The van der Waals surface area contributed by atoms with E-state index in [4.69, 9.17) is 9.47 Å². The van der Waals surface area contributed by atoms with Gasteiger partial charge in [0.25, 0.3) is 0 Å². The van der Waals surface area contributed by atoms with Gasteiger partial charge in [0.1, 0.15) is 0 Å². The van der Waals surface area contributed by atoms with E-state index in [0.29, 0.717) is 19.1 Å². The molecule has 0 bridgehead atoms. The molecule has 31 heavy (non-hydrogen) atoms. The minimum absolute atomic E-state index is 0.0299. The van der Waals surface area contributed by atoms with Gasteiger partial charge >= 0.3 is 11.9 Å². The first-order valence-corrected chi connectivity index (χ1v) is 13.4. The van der Waals surface area contributed by atoms with Crippen LogP contribution in [0.25, 0.3) is 0 Å². The number of carbonyl (C=O) groups is 2. The molecule has 1 aliphatic rings. The SMILES string of the molecule is CCCCCCCCCCCCCOC(=O)C1CCC(C(=O)OCCCC(C)C)CC1. The molecule has 182 valence electrons. The Labute approximate surface area is 192 Å². The summed E-state index contributed by atoms with van der Waals surface area (Å²) in [5.74, 6) is 0.449. The standard InChI is InChI=1S/C27H50O4/c1-4-5-6-7-8-9-10-11-12-13-14-21-30-26(28)24-17-19-25(20-18-24)27(29)31-22-15-16-23(2)3/h23-25H,4-22H2,1-3H3. The number of ether oxygens (including phenoxy) is 2. The summed E-state index contributed by atoms with van der Waals surface area (Å²) in [5.41, 5.74) is 0. The number of esters is 2. The van der Waals surface area contributed by atoms with Gasteiger partial charge in [-0.2, -0.15) is 0 Å². The third-order valence-electron chi connectivity index (χ3n) is 6.56. The van der Waals surface area contributed by atoms with Gasteiger partial charge in [-0.15, -0.1) is 0 Å². The number of hydrogen-bond acceptors (Lipinski definition) is 4. The minimum atomic E-state index is -0.0727. The maximum absolute atomic E-state index is 12.3. The largest absolute Gasteiger partial charge is 0.465 e. The topological polar surface area (TPSA) is 52.6 Å². The predicted molar refractivity (Wildman–Crippen MR) is 128 cm³/mol. The number of rotatable bonds is 18. The van der Waals surface area contributed by atoms with Crippen LogP contribution in [0.1, 0.15) is 130 Å². The summed E-state index contributed by atoms with van der Waals surface area (Å²) < 4.78 is 10.9. The van der Waals surface area contributed by atoms with Gasteiger partial charge in [-0.05, 0) is 50.9 Å². The Hall–Kier alpha value is -1.06. The highest BCUT2D eigenvalue weighted by Crippen LogP contribution is 2.30. The first-order chi connectivity index (χ1) is 15.0. The van der Waals surface area contributed by atoms with Crippen molar-refractivity contribution in [1.29, 1.82) is 0 Å². The molecule has 0 aromatic carbocycles. The van der Waals surface area contributed by atoms with Crippen molar-refractivity contribution < 1.29 is 19.1 Å². The lowest BCUT2D eigenvalue weighted by Gasteiger charge is -2.26. The molecule has 1 rings (SSSR count). The third-order valence-corrected chi connectivity index (χ3v) is 6.56. The number of unbranched alkanes of at least 4 members (excludes halogenated alkanes) is 10. The second kappa shape index (κ2) is 18.5. The fourth-order valence-electron chi connectivity index (χ4n) is 4.40. The molecule has 0 atom stereocenters. The Morgan fingerprint density at radius 2 is 1.03 bits per heavy atom. The zero-order chi connectivity index (χ0) is 22.7. The predicted octanol–water partition coefficient (Wildman–Crippen LogP) is 7.63. The second-order valence-electron chi connectivity index (χ2n) is 9.96. The molecular formula is C27H50O4. The maximum Gasteiger partial charge on any atom is 0.308 e. The van der Waals surface area contributed by atoms with Crippen molar-refractivity contribution >= 4 is 11.9 Å². The minimum Gasteiger partial charge on any atom is -0.465 e. The fourth-order valence-corrected chi connectivity index (χ4v) is 4.40. The zero-order valence-electron chi connectivity index (χ0n) is 20.8. The summed E-state index contributed by atoms with van der Waals surface area (Å²) in [5, 5.41) is 0. The van der Waals surface area contributed by atoms with Crippen molar-refractivity contribution in [3.05, 3.63) is 0 Å². The first kappa shape index (κ1) is 28.0. The van der Waals surface area contributed by atoms with Crippen molar-refractivity contribution in [2.24, 2.45) is 17.8 Å². The van der Waals surface area contributed by atoms with Gasteiger partial charge in [0.2, 0.25) is 0 Å². The van der Waals surface area contributed by atoms with Crippen LogP contribution in [0.4, 0.5) is 0 Å². The van der Waals surface area contributed by atoms with E-state index in [1.807, 2.05) is 0 Å². The third kappa shape index (κ3) is 14.6. The van der Waals surface area contributed by atoms with Crippen molar-refractivity contribution in [3.8, 4) is 0 Å². The fraction of sp³-hybridized carbons (Fsp3) is 0.926. The summed E-state index contributed by atoms with van der Waals surface area (Å²) in [4.78, 5) is 24.5. The van der Waals surface area contributed by atoms with Crippen LogP contribution >= 0.6 is 0 Å². The average molecular weight is 439 g/mol. The average Bonchev–Trinajstić information content (AvgIpc) is 2.77. The molecule has 4 heteroatoms. The molecule has 4 nitrogen and oxygen atoms in total. The summed E-state index contributed by atoms with van der Waals surface area (Å²) in [6.45, 7) is 7.70. The van der Waals surface area contributed by atoms with Crippen LogP contribution in [0.15, 0.2) is 0 Å². The molecule has 1 fully saturated rings. The highest BCUT2D eigenvalue weighted by atomic mass is 16.5. The van der Waals surface area contributed by atoms with Crippen LogP contribution < -0.4 is 0 Å². The molecule has 0 spiro atoms. The van der Waals surface area contributed by atoms with Crippen LogP contribution in [0.3, 0.4) is 0 Å². The van der Waals surface area contributed by atoms with E-state index in [1.165, 1.54) is 57.8 Å². The normalized spacial score (nSPS) is 18.8. The number of hydrogen-bond donors (Lipinski definition) is 0. The van der Waals surface area contributed by atoms with E-state index in [2.05, 4.69) is 20.8 Å². The summed E-state index contributed by atoms with van der Waals surface area (Å²) in [6.07, 6.45) is 19.3. The first-order valence-electron chi connectivity index (χ1n) is 13.4. The molecular weight excluding hydrogens is 388 g/mol. The summed E-state index contributed by atoms with van der Waals surface area (Å²) >= 11 is 0. The molecule has 0 aliphatic heterocycles. The monoisotopic (exact) mass is 438 g/mol. The Morgan fingerprint density at radius 1 is 0.645 bits per heavy atom. The van der Waals surface area contributed by atoms with Crippen LogP contribution in [0, 0.1) is 17.8 Å². The van der Waals surface area contributed by atoms with Crippen molar-refractivity contribution in [2.75, 3.05) is 13.2 Å². The van der Waals surface area contributed by atoms with Gasteiger partial charge in [-0.25, -0.2) is 0 Å². The van der Waals surface area contributed by atoms with Crippen LogP contribution in [-0.4, -0.2) is 25.2 Å². The van der Waals surface area contributed by atoms with Gasteiger partial charge in [-0.1, -0.05) is 85.0 Å². The van der Waals surface area contributed by atoms with E-state index in [9.17, 15) is 9.59 Å². The van der Waals surface area contributed by atoms with E-state index in [0.717, 1.165) is 51.4 Å². The molecule has 0 heterocycles.